The fraction of sp³-hybridized carbons (Fsp3) is 0.500. The van der Waals surface area contributed by atoms with Gasteiger partial charge in [-0.25, -0.2) is 8.42 Å². The van der Waals surface area contributed by atoms with Gasteiger partial charge in [0.05, 0.1) is 9.82 Å². The van der Waals surface area contributed by atoms with Crippen LogP contribution in [0.2, 0.25) is 0 Å². The molecular formula is C12H19N3O4S2. The second-order valence-electron chi connectivity index (χ2n) is 4.63. The van der Waals surface area contributed by atoms with Gasteiger partial charge in [0.2, 0.25) is 10.0 Å². The minimum Gasteiger partial charge on any atom is -0.393 e. The van der Waals surface area contributed by atoms with Crippen LogP contribution in [0.15, 0.2) is 23.1 Å². The molecule has 0 bridgehead atoms. The lowest BCUT2D eigenvalue weighted by Gasteiger charge is -2.24. The number of nitrogens with zero attached hydrogens (tertiary/aromatic N) is 2. The molecular weight excluding hydrogens is 314 g/mol. The van der Waals surface area contributed by atoms with Crippen LogP contribution in [0.25, 0.3) is 0 Å². The zero-order chi connectivity index (χ0) is 16.2. The molecule has 7 nitrogen and oxygen atoms in total. The molecule has 0 heterocycles. The standard InChI is InChI=1S/C12H19N3O4S2/c1-9(6-7-20-3)14(2)21(18,19)10-4-5-11(13)12(8-10)15(16)17/h4-5,8-9H,6-7,13H2,1-3H3. The average molecular weight is 333 g/mol. The van der Waals surface area contributed by atoms with Gasteiger partial charge < -0.3 is 5.73 Å². The zero-order valence-corrected chi connectivity index (χ0v) is 13.8. The van der Waals surface area contributed by atoms with E-state index in [9.17, 15) is 18.5 Å². The third kappa shape index (κ3) is 4.08. The minimum absolute atomic E-state index is 0.0583. The minimum atomic E-state index is -3.78. The molecule has 2 N–H and O–H groups in total. The Morgan fingerprint density at radius 2 is 2.10 bits per heavy atom. The maximum Gasteiger partial charge on any atom is 0.293 e. The molecule has 9 heteroatoms. The Balaban J connectivity index is 3.13. The quantitative estimate of drug-likeness (QED) is 0.464. The van der Waals surface area contributed by atoms with Gasteiger partial charge in [0.15, 0.2) is 0 Å². The summed E-state index contributed by atoms with van der Waals surface area (Å²) in [5.74, 6) is 0.836. The summed E-state index contributed by atoms with van der Waals surface area (Å²) >= 11 is 1.63. The second-order valence-corrected chi connectivity index (χ2v) is 7.61. The molecule has 0 aliphatic carbocycles. The molecule has 21 heavy (non-hydrogen) atoms. The Hall–Kier alpha value is -1.32. The summed E-state index contributed by atoms with van der Waals surface area (Å²) in [4.78, 5) is 10.0. The van der Waals surface area contributed by atoms with Gasteiger partial charge >= 0.3 is 0 Å². The van der Waals surface area contributed by atoms with E-state index in [1.165, 1.54) is 23.5 Å². The van der Waals surface area contributed by atoms with Crippen LogP contribution in [0.3, 0.4) is 0 Å². The first-order chi connectivity index (χ1) is 9.71. The Bertz CT molecular complexity index is 619. The van der Waals surface area contributed by atoms with Crippen LogP contribution in [-0.4, -0.2) is 42.7 Å². The molecule has 0 saturated carbocycles. The molecule has 0 saturated heterocycles. The van der Waals surface area contributed by atoms with Crippen molar-refractivity contribution in [2.24, 2.45) is 0 Å². The van der Waals surface area contributed by atoms with Crippen LogP contribution in [0.1, 0.15) is 13.3 Å². The highest BCUT2D eigenvalue weighted by Crippen LogP contribution is 2.27. The number of nitrogen functional groups attached to an aromatic ring is 1. The van der Waals surface area contributed by atoms with E-state index in [2.05, 4.69) is 0 Å². The first kappa shape index (κ1) is 17.7. The third-order valence-electron chi connectivity index (χ3n) is 3.24. The maximum absolute atomic E-state index is 12.5. The molecule has 0 fully saturated rings. The number of hydrogen-bond donors (Lipinski definition) is 1. The molecule has 1 atom stereocenters. The number of sulfonamides is 1. The van der Waals surface area contributed by atoms with Crippen LogP contribution in [0.5, 0.6) is 0 Å². The summed E-state index contributed by atoms with van der Waals surface area (Å²) < 4.78 is 26.2. The molecule has 1 aromatic rings. The van der Waals surface area contributed by atoms with Crippen LogP contribution in [-0.2, 0) is 10.0 Å². The topological polar surface area (TPSA) is 107 Å². The van der Waals surface area contributed by atoms with Crippen LogP contribution in [0.4, 0.5) is 11.4 Å². The smallest absolute Gasteiger partial charge is 0.293 e. The van der Waals surface area contributed by atoms with Crippen molar-refractivity contribution < 1.29 is 13.3 Å². The number of nitrogens with two attached hydrogens (primary N) is 1. The largest absolute Gasteiger partial charge is 0.393 e. The summed E-state index contributed by atoms with van der Waals surface area (Å²) in [7, 11) is -2.30. The Kier molecular flexibility index (Phi) is 5.99. The Morgan fingerprint density at radius 1 is 1.48 bits per heavy atom. The van der Waals surface area contributed by atoms with Gasteiger partial charge in [-0.15, -0.1) is 0 Å². The third-order valence-corrected chi connectivity index (χ3v) is 5.85. The van der Waals surface area contributed by atoms with E-state index in [4.69, 9.17) is 5.73 Å². The van der Waals surface area contributed by atoms with Crippen molar-refractivity contribution in [3.8, 4) is 0 Å². The van der Waals surface area contributed by atoms with Gasteiger partial charge in [-0.3, -0.25) is 10.1 Å². The van der Waals surface area contributed by atoms with Gasteiger partial charge in [-0.05, 0) is 37.5 Å². The van der Waals surface area contributed by atoms with Crippen LogP contribution >= 0.6 is 11.8 Å². The van der Waals surface area contributed by atoms with Crippen molar-refractivity contribution >= 4 is 33.2 Å². The van der Waals surface area contributed by atoms with Gasteiger partial charge in [0.25, 0.3) is 5.69 Å². The Morgan fingerprint density at radius 3 is 2.62 bits per heavy atom. The van der Waals surface area contributed by atoms with Crippen molar-refractivity contribution in [2.75, 3.05) is 24.8 Å². The van der Waals surface area contributed by atoms with Gasteiger partial charge in [-0.2, -0.15) is 16.1 Å². The fourth-order valence-corrected chi connectivity index (χ4v) is 3.70. The monoisotopic (exact) mass is 333 g/mol. The first-order valence-electron chi connectivity index (χ1n) is 6.22. The van der Waals surface area contributed by atoms with Crippen molar-refractivity contribution in [3.05, 3.63) is 28.3 Å². The van der Waals surface area contributed by atoms with Crippen LogP contribution < -0.4 is 5.73 Å². The predicted octanol–water partition coefficient (Wildman–Crippen LogP) is 1.94. The van der Waals surface area contributed by atoms with E-state index in [0.29, 0.717) is 6.42 Å². The number of thioether (sulfide) groups is 1. The molecule has 0 radical (unpaired) electrons. The summed E-state index contributed by atoms with van der Waals surface area (Å²) in [6.07, 6.45) is 2.65. The van der Waals surface area contributed by atoms with Gasteiger partial charge in [-0.1, -0.05) is 0 Å². The Labute approximate surface area is 128 Å². The lowest BCUT2D eigenvalue weighted by Crippen LogP contribution is -2.35. The highest BCUT2D eigenvalue weighted by Gasteiger charge is 2.27. The first-order valence-corrected chi connectivity index (χ1v) is 9.06. The van der Waals surface area contributed by atoms with E-state index in [0.717, 1.165) is 11.8 Å². The number of benzene rings is 1. The number of hydrogen-bond acceptors (Lipinski definition) is 6. The summed E-state index contributed by atoms with van der Waals surface area (Å²) in [6.45, 7) is 1.81. The molecule has 0 aromatic heterocycles. The van der Waals surface area contributed by atoms with Crippen LogP contribution in [0, 0.1) is 10.1 Å². The lowest BCUT2D eigenvalue weighted by atomic mass is 10.3. The SMILES string of the molecule is CSCCC(C)N(C)S(=O)(=O)c1ccc(N)c([N+](=O)[O-])c1. The van der Waals surface area contributed by atoms with E-state index in [1.807, 2.05) is 6.26 Å². The van der Waals surface area contributed by atoms with E-state index < -0.39 is 20.6 Å². The number of nitro benzene ring substituents is 1. The zero-order valence-electron chi connectivity index (χ0n) is 12.1. The molecule has 0 amide bonds. The fourth-order valence-electron chi connectivity index (χ4n) is 1.72. The number of rotatable bonds is 7. The molecule has 1 aromatic carbocycles. The van der Waals surface area contributed by atoms with E-state index in [1.54, 1.807) is 18.7 Å². The van der Waals surface area contributed by atoms with E-state index in [-0.39, 0.29) is 16.6 Å². The van der Waals surface area contributed by atoms with E-state index >= 15 is 0 Å². The lowest BCUT2D eigenvalue weighted by molar-refractivity contribution is -0.384. The van der Waals surface area contributed by atoms with Crippen molar-refractivity contribution in [3.63, 3.8) is 0 Å². The van der Waals surface area contributed by atoms with Gasteiger partial charge in [0, 0.05) is 19.2 Å². The second kappa shape index (κ2) is 7.10. The highest BCUT2D eigenvalue weighted by atomic mass is 32.2. The normalized spacial score (nSPS) is 13.3. The molecule has 0 spiro atoms. The highest BCUT2D eigenvalue weighted by molar-refractivity contribution is 7.98. The van der Waals surface area contributed by atoms with Crippen molar-refractivity contribution in [2.45, 2.75) is 24.3 Å². The molecule has 1 rings (SSSR count). The summed E-state index contributed by atoms with van der Waals surface area (Å²) in [6, 6.07) is 3.34. The van der Waals surface area contributed by atoms with Crippen molar-refractivity contribution in [1.29, 1.82) is 0 Å². The number of anilines is 1. The molecule has 0 aliphatic heterocycles. The molecule has 1 unspecified atom stereocenters. The summed E-state index contributed by atoms with van der Waals surface area (Å²) in [5, 5.41) is 10.9. The average Bonchev–Trinajstić information content (AvgIpc) is 2.43. The predicted molar refractivity (Wildman–Crippen MR) is 84.9 cm³/mol. The van der Waals surface area contributed by atoms with Gasteiger partial charge in [0.1, 0.15) is 5.69 Å². The molecule has 118 valence electrons. The number of nitro groups is 1. The van der Waals surface area contributed by atoms with Crippen molar-refractivity contribution in [1.82, 2.24) is 4.31 Å². The maximum atomic E-state index is 12.5. The molecule has 0 aliphatic rings. The summed E-state index contributed by atoms with van der Waals surface area (Å²) in [5.41, 5.74) is 5.02.